The zero-order valence-corrected chi connectivity index (χ0v) is 12.3. The molecule has 1 aromatic carbocycles. The van der Waals surface area contributed by atoms with E-state index in [0.29, 0.717) is 29.1 Å². The highest BCUT2D eigenvalue weighted by molar-refractivity contribution is 6.29. The first kappa shape index (κ1) is 14.6. The summed E-state index contributed by atoms with van der Waals surface area (Å²) in [6, 6.07) is 7.13. The lowest BCUT2D eigenvalue weighted by atomic mass is 10.2. The highest BCUT2D eigenvalue weighted by atomic mass is 35.5. The Balaban J connectivity index is 2.45. The molecular weight excluding hydrogens is 280 g/mol. The molecule has 6 heteroatoms. The third-order valence-electron chi connectivity index (χ3n) is 2.68. The molecule has 5 nitrogen and oxygen atoms in total. The van der Waals surface area contributed by atoms with Crippen LogP contribution in [0, 0.1) is 0 Å². The number of aromatic nitrogens is 2. The van der Waals surface area contributed by atoms with Gasteiger partial charge in [-0.1, -0.05) is 11.6 Å². The van der Waals surface area contributed by atoms with Gasteiger partial charge >= 0.3 is 0 Å². The second kappa shape index (κ2) is 6.54. The Morgan fingerprint density at radius 3 is 2.40 bits per heavy atom. The molecule has 0 saturated heterocycles. The average molecular weight is 295 g/mol. The van der Waals surface area contributed by atoms with Gasteiger partial charge < -0.3 is 14.2 Å². The zero-order valence-electron chi connectivity index (χ0n) is 11.5. The number of ether oxygens (including phenoxy) is 3. The van der Waals surface area contributed by atoms with E-state index in [1.54, 1.807) is 39.5 Å². The molecule has 2 rings (SSSR count). The highest BCUT2D eigenvalue weighted by Crippen LogP contribution is 2.31. The smallest absolute Gasteiger partial charge is 0.161 e. The fourth-order valence-electron chi connectivity index (χ4n) is 1.79. The molecule has 1 heterocycles. The molecule has 0 N–H and O–H groups in total. The van der Waals surface area contributed by atoms with E-state index in [4.69, 9.17) is 25.8 Å². The van der Waals surface area contributed by atoms with Gasteiger partial charge in [-0.2, -0.15) is 0 Å². The molecule has 0 unspecified atom stereocenters. The number of hydrogen-bond acceptors (Lipinski definition) is 5. The quantitative estimate of drug-likeness (QED) is 0.794. The minimum absolute atomic E-state index is 0.372. The first-order valence-corrected chi connectivity index (χ1v) is 6.30. The Kier molecular flexibility index (Phi) is 4.76. The third kappa shape index (κ3) is 3.18. The summed E-state index contributed by atoms with van der Waals surface area (Å²) < 4.78 is 15.5. The molecule has 0 aliphatic carbocycles. The lowest BCUT2D eigenvalue weighted by Gasteiger charge is -2.09. The monoisotopic (exact) mass is 294 g/mol. The molecule has 1 aromatic heterocycles. The predicted molar refractivity (Wildman–Crippen MR) is 76.3 cm³/mol. The maximum absolute atomic E-state index is 6.01. The summed E-state index contributed by atoms with van der Waals surface area (Å²) in [4.78, 5) is 8.63. The van der Waals surface area contributed by atoms with Crippen molar-refractivity contribution >= 4 is 11.6 Å². The number of hydrogen-bond donors (Lipinski definition) is 0. The van der Waals surface area contributed by atoms with Crippen molar-refractivity contribution in [1.29, 1.82) is 0 Å². The van der Waals surface area contributed by atoms with Crippen molar-refractivity contribution in [2.45, 2.75) is 6.61 Å². The number of methoxy groups -OCH3 is 3. The van der Waals surface area contributed by atoms with Gasteiger partial charge in [0.2, 0.25) is 0 Å². The van der Waals surface area contributed by atoms with Gasteiger partial charge in [-0.05, 0) is 24.3 Å². The fraction of sp³-hybridized carbons (Fsp3) is 0.286. The van der Waals surface area contributed by atoms with E-state index in [0.717, 1.165) is 11.3 Å². The Labute approximate surface area is 122 Å². The average Bonchev–Trinajstić information content (AvgIpc) is 2.46. The highest BCUT2D eigenvalue weighted by Gasteiger charge is 2.10. The molecule has 0 aliphatic rings. The van der Waals surface area contributed by atoms with E-state index in [2.05, 4.69) is 9.97 Å². The van der Waals surface area contributed by atoms with Crippen LogP contribution in [0.15, 0.2) is 24.3 Å². The van der Waals surface area contributed by atoms with Gasteiger partial charge in [0.25, 0.3) is 0 Å². The van der Waals surface area contributed by atoms with Crippen molar-refractivity contribution in [2.75, 3.05) is 21.3 Å². The van der Waals surface area contributed by atoms with Crippen molar-refractivity contribution in [3.63, 3.8) is 0 Å². The number of benzene rings is 1. The van der Waals surface area contributed by atoms with Crippen molar-refractivity contribution in [3.8, 4) is 22.9 Å². The molecular formula is C14H15ClN2O3. The maximum Gasteiger partial charge on any atom is 0.161 e. The lowest BCUT2D eigenvalue weighted by molar-refractivity contribution is 0.181. The summed E-state index contributed by atoms with van der Waals surface area (Å²) in [5.41, 5.74) is 1.51. The topological polar surface area (TPSA) is 53.5 Å². The minimum atomic E-state index is 0.372. The molecule has 0 bridgehead atoms. The summed E-state index contributed by atoms with van der Waals surface area (Å²) in [6.07, 6.45) is 0. The van der Waals surface area contributed by atoms with Crippen molar-refractivity contribution < 1.29 is 14.2 Å². The largest absolute Gasteiger partial charge is 0.493 e. The molecule has 0 atom stereocenters. The van der Waals surface area contributed by atoms with E-state index in [1.807, 2.05) is 6.07 Å². The zero-order chi connectivity index (χ0) is 14.5. The normalized spacial score (nSPS) is 10.4. The SMILES string of the molecule is COCc1cc(Cl)nc(-c2ccc(OC)c(OC)c2)n1. The van der Waals surface area contributed by atoms with Gasteiger partial charge in [0.1, 0.15) is 5.15 Å². The van der Waals surface area contributed by atoms with E-state index in [-0.39, 0.29) is 0 Å². The van der Waals surface area contributed by atoms with E-state index in [1.165, 1.54) is 0 Å². The van der Waals surface area contributed by atoms with Crippen LogP contribution in [0.4, 0.5) is 0 Å². The van der Waals surface area contributed by atoms with Crippen LogP contribution in [0.3, 0.4) is 0 Å². The molecule has 20 heavy (non-hydrogen) atoms. The number of rotatable bonds is 5. The van der Waals surface area contributed by atoms with Crippen LogP contribution in [0.2, 0.25) is 5.15 Å². The predicted octanol–water partition coefficient (Wildman–Crippen LogP) is 2.96. The van der Waals surface area contributed by atoms with Crippen LogP contribution < -0.4 is 9.47 Å². The second-order valence-corrected chi connectivity index (χ2v) is 4.40. The van der Waals surface area contributed by atoms with Gasteiger partial charge in [0, 0.05) is 12.7 Å². The van der Waals surface area contributed by atoms with Gasteiger partial charge in [-0.15, -0.1) is 0 Å². The second-order valence-electron chi connectivity index (χ2n) is 4.01. The number of nitrogens with zero attached hydrogens (tertiary/aromatic N) is 2. The summed E-state index contributed by atoms with van der Waals surface area (Å²) >= 11 is 6.01. The van der Waals surface area contributed by atoms with Crippen LogP contribution in [-0.4, -0.2) is 31.3 Å². The Morgan fingerprint density at radius 2 is 1.75 bits per heavy atom. The number of halogens is 1. The third-order valence-corrected chi connectivity index (χ3v) is 2.88. The van der Waals surface area contributed by atoms with Crippen molar-refractivity contribution in [3.05, 3.63) is 35.1 Å². The van der Waals surface area contributed by atoms with E-state index >= 15 is 0 Å². The van der Waals surface area contributed by atoms with Gasteiger partial charge in [0.05, 0.1) is 26.5 Å². The lowest BCUT2D eigenvalue weighted by Crippen LogP contribution is -1.98. The van der Waals surface area contributed by atoms with Gasteiger partial charge in [0.15, 0.2) is 17.3 Å². The molecule has 0 amide bonds. The first-order valence-electron chi connectivity index (χ1n) is 5.92. The molecule has 0 radical (unpaired) electrons. The Bertz CT molecular complexity index is 605. The maximum atomic E-state index is 6.01. The molecule has 2 aromatic rings. The van der Waals surface area contributed by atoms with Gasteiger partial charge in [-0.25, -0.2) is 9.97 Å². The van der Waals surface area contributed by atoms with E-state index < -0.39 is 0 Å². The molecule has 0 saturated carbocycles. The first-order chi connectivity index (χ1) is 9.67. The summed E-state index contributed by atoms with van der Waals surface area (Å²) in [5.74, 6) is 1.78. The van der Waals surface area contributed by atoms with Crippen LogP contribution >= 0.6 is 11.6 Å². The Morgan fingerprint density at radius 1 is 1.00 bits per heavy atom. The minimum Gasteiger partial charge on any atom is -0.493 e. The van der Waals surface area contributed by atoms with Gasteiger partial charge in [-0.3, -0.25) is 0 Å². The summed E-state index contributed by atoms with van der Waals surface area (Å²) in [5, 5.41) is 0.372. The molecule has 0 aliphatic heterocycles. The molecule has 0 fully saturated rings. The van der Waals surface area contributed by atoms with Crippen LogP contribution in [0.5, 0.6) is 11.5 Å². The van der Waals surface area contributed by atoms with E-state index in [9.17, 15) is 0 Å². The van der Waals surface area contributed by atoms with Crippen LogP contribution in [-0.2, 0) is 11.3 Å². The standard InChI is InChI=1S/C14H15ClN2O3/c1-18-8-10-7-13(15)17-14(16-10)9-4-5-11(19-2)12(6-9)20-3/h4-7H,8H2,1-3H3. The summed E-state index contributed by atoms with van der Waals surface area (Å²) in [7, 11) is 4.77. The molecule has 106 valence electrons. The summed E-state index contributed by atoms with van der Waals surface area (Å²) in [6.45, 7) is 0.378. The van der Waals surface area contributed by atoms with Crippen molar-refractivity contribution in [2.24, 2.45) is 0 Å². The van der Waals surface area contributed by atoms with Crippen LogP contribution in [0.25, 0.3) is 11.4 Å². The van der Waals surface area contributed by atoms with Crippen LogP contribution in [0.1, 0.15) is 5.69 Å². The Hall–Kier alpha value is -1.85. The fourth-order valence-corrected chi connectivity index (χ4v) is 2.00. The van der Waals surface area contributed by atoms with Crippen molar-refractivity contribution in [1.82, 2.24) is 9.97 Å². The molecule has 0 spiro atoms.